The first kappa shape index (κ1) is 10.9. The van der Waals surface area contributed by atoms with Gasteiger partial charge in [0.2, 0.25) is 0 Å². The lowest BCUT2D eigenvalue weighted by molar-refractivity contribution is 0.208. The predicted molar refractivity (Wildman–Crippen MR) is 65.8 cm³/mol. The van der Waals surface area contributed by atoms with E-state index in [1.165, 1.54) is 17.6 Å². The maximum atomic E-state index is 10.0. The zero-order valence-corrected chi connectivity index (χ0v) is 10.2. The molecule has 0 radical (unpaired) electrons. The van der Waals surface area contributed by atoms with Crippen molar-refractivity contribution in [1.82, 2.24) is 0 Å². The van der Waals surface area contributed by atoms with E-state index in [2.05, 4.69) is 34.1 Å². The maximum Gasteiger partial charge on any atom is 0.0790 e. The van der Waals surface area contributed by atoms with Crippen LogP contribution in [0.3, 0.4) is 0 Å². The third-order valence-corrected chi connectivity index (χ3v) is 3.32. The summed E-state index contributed by atoms with van der Waals surface area (Å²) in [6.45, 7) is 0. The fourth-order valence-electron chi connectivity index (χ4n) is 2.02. The second kappa shape index (κ2) is 4.95. The summed E-state index contributed by atoms with van der Waals surface area (Å²) >= 11 is 3.44. The van der Waals surface area contributed by atoms with Gasteiger partial charge in [0.1, 0.15) is 0 Å². The molecule has 0 amide bonds. The van der Waals surface area contributed by atoms with Crippen molar-refractivity contribution in [1.29, 1.82) is 0 Å². The van der Waals surface area contributed by atoms with Crippen LogP contribution < -0.4 is 0 Å². The summed E-state index contributed by atoms with van der Waals surface area (Å²) in [6, 6.07) is 8.14. The SMILES string of the molecule is OC(Cc1cccc(Br)c1)C1=CCCC1. The quantitative estimate of drug-likeness (QED) is 0.831. The fraction of sp³-hybridized carbons (Fsp3) is 0.385. The number of rotatable bonds is 3. The number of hydrogen-bond acceptors (Lipinski definition) is 1. The van der Waals surface area contributed by atoms with Gasteiger partial charge >= 0.3 is 0 Å². The third kappa shape index (κ3) is 2.93. The summed E-state index contributed by atoms with van der Waals surface area (Å²) in [5, 5.41) is 10.0. The van der Waals surface area contributed by atoms with Gasteiger partial charge in [-0.3, -0.25) is 0 Å². The monoisotopic (exact) mass is 266 g/mol. The van der Waals surface area contributed by atoms with Gasteiger partial charge in [-0.2, -0.15) is 0 Å². The highest BCUT2D eigenvalue weighted by molar-refractivity contribution is 9.10. The van der Waals surface area contributed by atoms with E-state index in [1.807, 2.05) is 12.1 Å². The molecular formula is C13H15BrO. The van der Waals surface area contributed by atoms with Crippen LogP contribution in [0.2, 0.25) is 0 Å². The van der Waals surface area contributed by atoms with Gasteiger partial charge in [-0.25, -0.2) is 0 Å². The molecule has 1 atom stereocenters. The van der Waals surface area contributed by atoms with Crippen LogP contribution in [0.4, 0.5) is 0 Å². The van der Waals surface area contributed by atoms with E-state index in [4.69, 9.17) is 0 Å². The molecular weight excluding hydrogens is 252 g/mol. The van der Waals surface area contributed by atoms with E-state index in [9.17, 15) is 5.11 Å². The average Bonchev–Trinajstić information content (AvgIpc) is 2.70. The molecule has 0 heterocycles. The highest BCUT2D eigenvalue weighted by atomic mass is 79.9. The van der Waals surface area contributed by atoms with Gasteiger partial charge in [0.15, 0.2) is 0 Å². The van der Waals surface area contributed by atoms with Crippen molar-refractivity contribution in [3.63, 3.8) is 0 Å². The molecule has 0 bridgehead atoms. The van der Waals surface area contributed by atoms with Crippen LogP contribution in [0.5, 0.6) is 0 Å². The zero-order chi connectivity index (χ0) is 10.7. The minimum atomic E-state index is -0.290. The molecule has 1 aromatic rings. The molecule has 2 heteroatoms. The maximum absolute atomic E-state index is 10.0. The van der Waals surface area contributed by atoms with Gasteiger partial charge in [-0.1, -0.05) is 34.1 Å². The largest absolute Gasteiger partial charge is 0.388 e. The third-order valence-electron chi connectivity index (χ3n) is 2.82. The Labute approximate surface area is 99.0 Å². The van der Waals surface area contributed by atoms with Crippen LogP contribution >= 0.6 is 15.9 Å². The summed E-state index contributed by atoms with van der Waals surface area (Å²) in [5.41, 5.74) is 2.40. The molecule has 1 aliphatic rings. The Bertz CT molecular complexity index is 371. The number of aliphatic hydroxyl groups excluding tert-OH is 1. The lowest BCUT2D eigenvalue weighted by Gasteiger charge is -2.12. The van der Waals surface area contributed by atoms with E-state index < -0.39 is 0 Å². The molecule has 1 aromatic carbocycles. The molecule has 0 saturated heterocycles. The standard InChI is InChI=1S/C13H15BrO/c14-12-7-3-4-10(8-12)9-13(15)11-5-1-2-6-11/h3-5,7-8,13,15H,1-2,6,9H2. The normalized spacial score (nSPS) is 17.6. The molecule has 1 N–H and O–H groups in total. The number of aliphatic hydroxyl groups is 1. The zero-order valence-electron chi connectivity index (χ0n) is 8.62. The highest BCUT2D eigenvalue weighted by Crippen LogP contribution is 2.23. The van der Waals surface area contributed by atoms with Crippen molar-refractivity contribution >= 4 is 15.9 Å². The Morgan fingerprint density at radius 2 is 2.27 bits per heavy atom. The van der Waals surface area contributed by atoms with Crippen molar-refractivity contribution in [2.75, 3.05) is 0 Å². The van der Waals surface area contributed by atoms with Crippen molar-refractivity contribution in [3.8, 4) is 0 Å². The van der Waals surface area contributed by atoms with Gasteiger partial charge in [0, 0.05) is 10.9 Å². The Kier molecular flexibility index (Phi) is 3.60. The summed E-state index contributed by atoms with van der Waals surface area (Å²) in [6.07, 6.45) is 6.01. The molecule has 0 aromatic heterocycles. The Morgan fingerprint density at radius 3 is 2.93 bits per heavy atom. The second-order valence-corrected chi connectivity index (χ2v) is 4.94. The average molecular weight is 267 g/mol. The molecule has 15 heavy (non-hydrogen) atoms. The van der Waals surface area contributed by atoms with Crippen molar-refractivity contribution in [3.05, 3.63) is 46.0 Å². The number of allylic oxidation sites excluding steroid dienone is 1. The van der Waals surface area contributed by atoms with Gasteiger partial charge in [0.25, 0.3) is 0 Å². The van der Waals surface area contributed by atoms with Crippen LogP contribution in [0.25, 0.3) is 0 Å². The first-order valence-electron chi connectivity index (χ1n) is 5.37. The lowest BCUT2D eigenvalue weighted by Crippen LogP contribution is -2.12. The fourth-order valence-corrected chi connectivity index (χ4v) is 2.46. The van der Waals surface area contributed by atoms with E-state index >= 15 is 0 Å². The van der Waals surface area contributed by atoms with E-state index in [-0.39, 0.29) is 6.10 Å². The molecule has 1 nitrogen and oxygen atoms in total. The molecule has 0 fully saturated rings. The summed E-state index contributed by atoms with van der Waals surface area (Å²) in [5.74, 6) is 0. The van der Waals surface area contributed by atoms with Gasteiger partial charge < -0.3 is 5.11 Å². The number of hydrogen-bond donors (Lipinski definition) is 1. The second-order valence-electron chi connectivity index (χ2n) is 4.02. The van der Waals surface area contributed by atoms with Crippen LogP contribution in [-0.2, 0) is 6.42 Å². The summed E-state index contributed by atoms with van der Waals surface area (Å²) in [7, 11) is 0. The minimum absolute atomic E-state index is 0.290. The Balaban J connectivity index is 2.02. The molecule has 1 aliphatic carbocycles. The minimum Gasteiger partial charge on any atom is -0.388 e. The molecule has 2 rings (SSSR count). The predicted octanol–water partition coefficient (Wildman–Crippen LogP) is 3.46. The van der Waals surface area contributed by atoms with Crippen LogP contribution in [0.15, 0.2) is 40.4 Å². The topological polar surface area (TPSA) is 20.2 Å². The molecule has 1 unspecified atom stereocenters. The van der Waals surface area contributed by atoms with Crippen molar-refractivity contribution < 1.29 is 5.11 Å². The first-order chi connectivity index (χ1) is 7.25. The van der Waals surface area contributed by atoms with Crippen molar-refractivity contribution in [2.45, 2.75) is 31.8 Å². The number of halogens is 1. The Hall–Kier alpha value is -0.600. The van der Waals surface area contributed by atoms with Crippen molar-refractivity contribution in [2.24, 2.45) is 0 Å². The molecule has 0 aliphatic heterocycles. The highest BCUT2D eigenvalue weighted by Gasteiger charge is 2.14. The molecule has 0 saturated carbocycles. The van der Waals surface area contributed by atoms with E-state index in [0.717, 1.165) is 23.7 Å². The van der Waals surface area contributed by atoms with Crippen LogP contribution in [0, 0.1) is 0 Å². The van der Waals surface area contributed by atoms with Gasteiger partial charge in [-0.15, -0.1) is 0 Å². The lowest BCUT2D eigenvalue weighted by atomic mass is 10.0. The molecule has 80 valence electrons. The smallest absolute Gasteiger partial charge is 0.0790 e. The number of benzene rings is 1. The van der Waals surface area contributed by atoms with E-state index in [0.29, 0.717) is 0 Å². The summed E-state index contributed by atoms with van der Waals surface area (Å²) in [4.78, 5) is 0. The first-order valence-corrected chi connectivity index (χ1v) is 6.16. The molecule has 0 spiro atoms. The van der Waals surface area contributed by atoms with Gasteiger partial charge in [0.05, 0.1) is 6.10 Å². The van der Waals surface area contributed by atoms with Crippen LogP contribution in [0.1, 0.15) is 24.8 Å². The van der Waals surface area contributed by atoms with Gasteiger partial charge in [-0.05, 0) is 42.5 Å². The van der Waals surface area contributed by atoms with E-state index in [1.54, 1.807) is 0 Å². The Morgan fingerprint density at radius 1 is 1.40 bits per heavy atom. The summed E-state index contributed by atoms with van der Waals surface area (Å²) < 4.78 is 1.08. The van der Waals surface area contributed by atoms with Crippen LogP contribution in [-0.4, -0.2) is 11.2 Å².